The number of phenolic OH excluding ortho intramolecular Hbond substituents is 1. The Kier molecular flexibility index (Phi) is 6.03. The third-order valence-corrected chi connectivity index (χ3v) is 4.42. The lowest BCUT2D eigenvalue weighted by Crippen LogP contribution is -2.34. The van der Waals surface area contributed by atoms with Gasteiger partial charge in [0.1, 0.15) is 40.5 Å². The molecule has 0 unspecified atom stereocenters. The Hall–Kier alpha value is -3.85. The molecule has 1 atom stereocenters. The molecule has 4 N–H and O–H groups in total. The van der Waals surface area contributed by atoms with E-state index < -0.39 is 29.2 Å². The van der Waals surface area contributed by atoms with E-state index in [0.29, 0.717) is 11.3 Å². The molecule has 156 valence electrons. The van der Waals surface area contributed by atoms with E-state index in [1.165, 1.54) is 19.4 Å². The second-order valence-corrected chi connectivity index (χ2v) is 6.48. The Balaban J connectivity index is 1.90. The van der Waals surface area contributed by atoms with Gasteiger partial charge in [0.2, 0.25) is 5.43 Å². The molecule has 0 aliphatic rings. The fraction of sp³-hybridized carbons (Fsp3) is 0.190. The van der Waals surface area contributed by atoms with Crippen molar-refractivity contribution in [3.8, 4) is 28.4 Å². The number of esters is 1. The van der Waals surface area contributed by atoms with Crippen molar-refractivity contribution in [1.29, 1.82) is 0 Å². The van der Waals surface area contributed by atoms with E-state index in [1.807, 2.05) is 0 Å². The van der Waals surface area contributed by atoms with Gasteiger partial charge in [0.15, 0.2) is 0 Å². The molecule has 0 bridgehead atoms. The molecule has 3 aromatic rings. The van der Waals surface area contributed by atoms with Crippen LogP contribution in [-0.2, 0) is 9.59 Å². The van der Waals surface area contributed by atoms with Crippen molar-refractivity contribution in [1.82, 2.24) is 0 Å². The first kappa shape index (κ1) is 20.9. The van der Waals surface area contributed by atoms with Crippen LogP contribution in [0.2, 0.25) is 0 Å². The van der Waals surface area contributed by atoms with Gasteiger partial charge in [0, 0.05) is 18.6 Å². The number of hydrogen-bond acceptors (Lipinski definition) is 8. The van der Waals surface area contributed by atoms with Crippen molar-refractivity contribution in [2.45, 2.75) is 18.9 Å². The second kappa shape index (κ2) is 8.66. The Labute approximate surface area is 170 Å². The maximum Gasteiger partial charge on any atom is 0.328 e. The van der Waals surface area contributed by atoms with Crippen molar-refractivity contribution < 1.29 is 33.7 Å². The number of nitrogens with two attached hydrogens (primary N) is 1. The molecule has 1 heterocycles. The van der Waals surface area contributed by atoms with E-state index in [2.05, 4.69) is 0 Å². The number of aromatic hydroxyl groups is 1. The highest BCUT2D eigenvalue weighted by molar-refractivity contribution is 5.89. The molecule has 0 saturated heterocycles. The highest BCUT2D eigenvalue weighted by Crippen LogP contribution is 2.31. The highest BCUT2D eigenvalue weighted by atomic mass is 16.5. The van der Waals surface area contributed by atoms with Crippen molar-refractivity contribution in [3.63, 3.8) is 0 Å². The Morgan fingerprint density at radius 3 is 2.50 bits per heavy atom. The number of methoxy groups -OCH3 is 1. The van der Waals surface area contributed by atoms with E-state index in [9.17, 15) is 19.5 Å². The molecule has 1 aromatic heterocycles. The lowest BCUT2D eigenvalue weighted by molar-refractivity contribution is -0.138. The number of carbonyl (C=O) groups is 2. The van der Waals surface area contributed by atoms with Gasteiger partial charge in [-0.05, 0) is 24.1 Å². The lowest BCUT2D eigenvalue weighted by atomic mass is 10.0. The highest BCUT2D eigenvalue weighted by Gasteiger charge is 2.20. The maximum atomic E-state index is 12.9. The Morgan fingerprint density at radius 1 is 1.17 bits per heavy atom. The van der Waals surface area contributed by atoms with E-state index >= 15 is 0 Å². The maximum absolute atomic E-state index is 12.9. The summed E-state index contributed by atoms with van der Waals surface area (Å²) < 4.78 is 15.7. The molecule has 0 aliphatic heterocycles. The third-order valence-electron chi connectivity index (χ3n) is 4.42. The van der Waals surface area contributed by atoms with Crippen molar-refractivity contribution in [2.24, 2.45) is 5.73 Å². The van der Waals surface area contributed by atoms with Gasteiger partial charge in [-0.3, -0.25) is 9.59 Å². The van der Waals surface area contributed by atoms with E-state index in [-0.39, 0.29) is 35.1 Å². The number of aliphatic carboxylic acids is 1. The third kappa shape index (κ3) is 4.41. The number of rotatable bonds is 7. The molecule has 0 fully saturated rings. The molecule has 0 radical (unpaired) electrons. The van der Waals surface area contributed by atoms with Crippen LogP contribution in [0.25, 0.3) is 22.1 Å². The minimum Gasteiger partial charge on any atom is -0.507 e. The van der Waals surface area contributed by atoms with Crippen LogP contribution in [0.4, 0.5) is 0 Å². The van der Waals surface area contributed by atoms with Gasteiger partial charge >= 0.3 is 11.9 Å². The summed E-state index contributed by atoms with van der Waals surface area (Å²) in [5.41, 5.74) is 5.97. The summed E-state index contributed by atoms with van der Waals surface area (Å²) in [6, 6.07) is 7.97. The number of benzene rings is 2. The van der Waals surface area contributed by atoms with Crippen molar-refractivity contribution in [2.75, 3.05) is 7.11 Å². The zero-order valence-electron chi connectivity index (χ0n) is 16.0. The molecule has 30 heavy (non-hydrogen) atoms. The van der Waals surface area contributed by atoms with Crippen molar-refractivity contribution in [3.05, 3.63) is 52.9 Å². The predicted molar refractivity (Wildman–Crippen MR) is 107 cm³/mol. The van der Waals surface area contributed by atoms with Crippen molar-refractivity contribution >= 4 is 22.9 Å². The molecule has 9 nitrogen and oxygen atoms in total. The number of ether oxygens (including phenoxy) is 2. The normalized spacial score (nSPS) is 11.8. The monoisotopic (exact) mass is 413 g/mol. The summed E-state index contributed by atoms with van der Waals surface area (Å²) in [6.07, 6.45) is 0.854. The van der Waals surface area contributed by atoms with Crippen LogP contribution in [-0.4, -0.2) is 35.3 Å². The lowest BCUT2D eigenvalue weighted by Gasteiger charge is -2.11. The summed E-state index contributed by atoms with van der Waals surface area (Å²) in [5.74, 6) is -1.85. The molecular weight excluding hydrogens is 394 g/mol. The number of hydrogen-bond donors (Lipinski definition) is 3. The summed E-state index contributed by atoms with van der Waals surface area (Å²) in [6.45, 7) is 0. The quantitative estimate of drug-likeness (QED) is 0.391. The van der Waals surface area contributed by atoms with Crippen LogP contribution in [0.5, 0.6) is 17.2 Å². The zero-order valence-corrected chi connectivity index (χ0v) is 16.0. The molecule has 3 rings (SSSR count). The number of carboxylic acids is 1. The van der Waals surface area contributed by atoms with Gasteiger partial charge in [-0.15, -0.1) is 0 Å². The number of carbonyl (C=O) groups excluding carboxylic acids is 1. The molecule has 2 aromatic carbocycles. The minimum absolute atomic E-state index is 0.0131. The average Bonchev–Trinajstić information content (AvgIpc) is 2.72. The van der Waals surface area contributed by atoms with Gasteiger partial charge < -0.3 is 29.8 Å². The standard InChI is InChI=1S/C21H19NO8/c1-28-12-4-2-11(3-5-12)14-10-29-17-9-13(8-16(23)19(17)20(14)26)30-21(27)15(22)6-7-18(24)25/h2-5,8-10,15,23H,6-7,22H2,1H3,(H,24,25)/t15-/m0/s1. The molecule has 0 aliphatic carbocycles. The van der Waals surface area contributed by atoms with Crippen LogP contribution in [0.1, 0.15) is 12.8 Å². The van der Waals surface area contributed by atoms with Gasteiger partial charge in [-0.25, -0.2) is 4.79 Å². The molecule has 0 amide bonds. The first-order valence-corrected chi connectivity index (χ1v) is 8.92. The molecule has 9 heteroatoms. The number of phenols is 1. The zero-order chi connectivity index (χ0) is 21.8. The average molecular weight is 413 g/mol. The summed E-state index contributed by atoms with van der Waals surface area (Å²) in [5, 5.41) is 18.9. The number of carboxylic acid groups (broad SMARTS) is 1. The fourth-order valence-corrected chi connectivity index (χ4v) is 2.83. The fourth-order valence-electron chi connectivity index (χ4n) is 2.83. The second-order valence-electron chi connectivity index (χ2n) is 6.48. The molecule has 0 spiro atoms. The van der Waals surface area contributed by atoms with Crippen LogP contribution < -0.4 is 20.6 Å². The minimum atomic E-state index is -1.15. The summed E-state index contributed by atoms with van der Waals surface area (Å²) >= 11 is 0. The van der Waals surface area contributed by atoms with Crippen LogP contribution in [0.15, 0.2) is 51.9 Å². The Bertz CT molecular complexity index is 1150. The van der Waals surface area contributed by atoms with E-state index in [4.69, 9.17) is 24.7 Å². The topological polar surface area (TPSA) is 149 Å². The van der Waals surface area contributed by atoms with E-state index in [1.54, 1.807) is 24.3 Å². The van der Waals surface area contributed by atoms with Gasteiger partial charge in [-0.2, -0.15) is 0 Å². The van der Waals surface area contributed by atoms with Gasteiger partial charge in [0.25, 0.3) is 0 Å². The smallest absolute Gasteiger partial charge is 0.328 e. The number of fused-ring (bicyclic) bond motifs is 1. The largest absolute Gasteiger partial charge is 0.507 e. The first-order chi connectivity index (χ1) is 14.3. The van der Waals surface area contributed by atoms with Crippen LogP contribution in [0, 0.1) is 0 Å². The molecule has 0 saturated carbocycles. The van der Waals surface area contributed by atoms with Gasteiger partial charge in [-0.1, -0.05) is 12.1 Å². The predicted octanol–water partition coefficient (Wildman–Crippen LogP) is 2.27. The van der Waals surface area contributed by atoms with Crippen LogP contribution in [0.3, 0.4) is 0 Å². The van der Waals surface area contributed by atoms with Crippen LogP contribution >= 0.6 is 0 Å². The van der Waals surface area contributed by atoms with Gasteiger partial charge in [0.05, 0.1) is 12.7 Å². The molecular formula is C21H19NO8. The summed E-state index contributed by atoms with van der Waals surface area (Å²) in [4.78, 5) is 35.4. The summed E-state index contributed by atoms with van der Waals surface area (Å²) in [7, 11) is 1.53. The SMILES string of the molecule is COc1ccc(-c2coc3cc(OC(=O)[C@@H](N)CCC(=O)O)cc(O)c3c2=O)cc1. The van der Waals surface area contributed by atoms with E-state index in [0.717, 1.165) is 6.07 Å². The first-order valence-electron chi connectivity index (χ1n) is 8.92. The Morgan fingerprint density at radius 2 is 1.87 bits per heavy atom.